The molecule has 2 aromatic carbocycles. The third-order valence-electron chi connectivity index (χ3n) is 4.99. The molecule has 0 fully saturated rings. The molecule has 0 saturated carbocycles. The minimum absolute atomic E-state index is 0.0295. The quantitative estimate of drug-likeness (QED) is 0.347. The molecule has 0 saturated heterocycles. The second-order valence-corrected chi connectivity index (χ2v) is 7.13. The second kappa shape index (κ2) is 8.74. The van der Waals surface area contributed by atoms with Crippen molar-refractivity contribution in [2.24, 2.45) is 0 Å². The number of aromatic amines is 1. The molecule has 4 rings (SSSR count). The Labute approximate surface area is 177 Å². The first kappa shape index (κ1) is 20.2. The monoisotopic (exact) mass is 415 g/mol. The molecular formula is C23H21N5O3. The lowest BCUT2D eigenvalue weighted by atomic mass is 10.0. The summed E-state index contributed by atoms with van der Waals surface area (Å²) >= 11 is 0. The number of tetrazole rings is 1. The van der Waals surface area contributed by atoms with Gasteiger partial charge in [0, 0.05) is 0 Å². The molecule has 0 aliphatic rings. The number of nitrogens with two attached hydrogens (primary N) is 1. The minimum Gasteiger partial charge on any atom is -0.449 e. The molecule has 156 valence electrons. The third-order valence-corrected chi connectivity index (χ3v) is 4.99. The van der Waals surface area contributed by atoms with Crippen molar-refractivity contribution in [1.82, 2.24) is 20.6 Å². The predicted octanol–water partition coefficient (Wildman–Crippen LogP) is 3.79. The fraction of sp³-hybridized carbons (Fsp3) is 0.174. The molecule has 0 spiro atoms. The number of aryl methyl sites for hydroxylation is 1. The lowest BCUT2D eigenvalue weighted by molar-refractivity contribution is 0.104. The number of nitrogens with zero attached hydrogens (tertiary/aromatic N) is 3. The van der Waals surface area contributed by atoms with Crippen LogP contribution < -0.4 is 11.2 Å². The van der Waals surface area contributed by atoms with E-state index in [-0.39, 0.29) is 39.6 Å². The Morgan fingerprint density at radius 3 is 2.71 bits per heavy atom. The number of ketones is 1. The molecule has 8 heteroatoms. The fourth-order valence-electron chi connectivity index (χ4n) is 3.29. The van der Waals surface area contributed by atoms with Gasteiger partial charge in [-0.25, -0.2) is 0 Å². The van der Waals surface area contributed by atoms with Gasteiger partial charge in [-0.1, -0.05) is 49.8 Å². The van der Waals surface area contributed by atoms with Crippen LogP contribution in [0.25, 0.3) is 28.6 Å². The molecule has 0 atom stereocenters. The number of carbonyl (C=O) groups is 1. The Morgan fingerprint density at radius 2 is 2.00 bits per heavy atom. The Bertz CT molecular complexity index is 1310. The topological polar surface area (TPSA) is 128 Å². The summed E-state index contributed by atoms with van der Waals surface area (Å²) in [7, 11) is 0. The molecule has 0 aliphatic heterocycles. The molecule has 0 aliphatic carbocycles. The van der Waals surface area contributed by atoms with E-state index in [4.69, 9.17) is 10.2 Å². The first-order valence-electron chi connectivity index (χ1n) is 9.99. The van der Waals surface area contributed by atoms with Crippen molar-refractivity contribution in [1.29, 1.82) is 0 Å². The van der Waals surface area contributed by atoms with Gasteiger partial charge in [-0.05, 0) is 47.4 Å². The maximum Gasteiger partial charge on any atom is 0.242 e. The summed E-state index contributed by atoms with van der Waals surface area (Å²) in [5.41, 5.74) is 7.88. The van der Waals surface area contributed by atoms with Gasteiger partial charge in [-0.15, -0.1) is 10.2 Å². The van der Waals surface area contributed by atoms with Gasteiger partial charge in [0.1, 0.15) is 11.3 Å². The van der Waals surface area contributed by atoms with Crippen LogP contribution in [0.1, 0.15) is 41.3 Å². The van der Waals surface area contributed by atoms with E-state index in [0.29, 0.717) is 0 Å². The van der Waals surface area contributed by atoms with E-state index >= 15 is 0 Å². The van der Waals surface area contributed by atoms with Crippen molar-refractivity contribution < 1.29 is 9.21 Å². The zero-order valence-electron chi connectivity index (χ0n) is 17.0. The minimum atomic E-state index is -0.456. The highest BCUT2D eigenvalue weighted by Crippen LogP contribution is 2.27. The van der Waals surface area contributed by atoms with Gasteiger partial charge in [-0.3, -0.25) is 9.59 Å². The van der Waals surface area contributed by atoms with Crippen LogP contribution in [-0.2, 0) is 6.42 Å². The summed E-state index contributed by atoms with van der Waals surface area (Å²) in [6.45, 7) is 2.16. The Balaban J connectivity index is 1.68. The third kappa shape index (κ3) is 4.13. The van der Waals surface area contributed by atoms with E-state index in [1.807, 2.05) is 12.1 Å². The Hall–Kier alpha value is -4.07. The predicted molar refractivity (Wildman–Crippen MR) is 118 cm³/mol. The van der Waals surface area contributed by atoms with E-state index in [9.17, 15) is 9.59 Å². The number of fused-ring (bicyclic) bond motifs is 1. The van der Waals surface area contributed by atoms with Gasteiger partial charge in [0.05, 0.1) is 10.9 Å². The molecule has 2 heterocycles. The SMILES string of the molecule is CCCCc1ccc(C=CC(=O)c2cccc3c(=O)c(N)c(-c4nn[nH]n4)oc23)cc1. The van der Waals surface area contributed by atoms with E-state index in [0.717, 1.165) is 24.8 Å². The van der Waals surface area contributed by atoms with Gasteiger partial charge in [0.25, 0.3) is 0 Å². The van der Waals surface area contributed by atoms with E-state index in [1.165, 1.54) is 11.6 Å². The normalized spacial score (nSPS) is 11.4. The summed E-state index contributed by atoms with van der Waals surface area (Å²) in [4.78, 5) is 25.6. The summed E-state index contributed by atoms with van der Waals surface area (Å²) in [6.07, 6.45) is 6.54. The molecule has 0 unspecified atom stereocenters. The van der Waals surface area contributed by atoms with Crippen LogP contribution in [0.2, 0.25) is 0 Å². The van der Waals surface area contributed by atoms with Crippen molar-refractivity contribution in [2.45, 2.75) is 26.2 Å². The number of anilines is 1. The summed E-state index contributed by atoms with van der Waals surface area (Å²) < 4.78 is 5.81. The second-order valence-electron chi connectivity index (χ2n) is 7.13. The molecule has 3 N–H and O–H groups in total. The smallest absolute Gasteiger partial charge is 0.242 e. The van der Waals surface area contributed by atoms with Gasteiger partial charge >= 0.3 is 0 Å². The van der Waals surface area contributed by atoms with Crippen LogP contribution in [0.4, 0.5) is 5.69 Å². The van der Waals surface area contributed by atoms with Crippen LogP contribution in [0.3, 0.4) is 0 Å². The van der Waals surface area contributed by atoms with Crippen molar-refractivity contribution in [3.63, 3.8) is 0 Å². The number of carbonyl (C=O) groups excluding carboxylic acids is 1. The van der Waals surface area contributed by atoms with Crippen LogP contribution in [0.5, 0.6) is 0 Å². The average Bonchev–Trinajstić information content (AvgIpc) is 3.33. The van der Waals surface area contributed by atoms with Crippen LogP contribution in [0, 0.1) is 0 Å². The number of hydrogen-bond acceptors (Lipinski definition) is 7. The zero-order chi connectivity index (χ0) is 21.8. The number of aromatic nitrogens is 4. The fourth-order valence-corrected chi connectivity index (χ4v) is 3.29. The van der Waals surface area contributed by atoms with Crippen LogP contribution in [-0.4, -0.2) is 26.4 Å². The highest BCUT2D eigenvalue weighted by atomic mass is 16.3. The highest BCUT2D eigenvalue weighted by Gasteiger charge is 2.20. The summed E-state index contributed by atoms with van der Waals surface area (Å²) in [5, 5.41) is 13.6. The summed E-state index contributed by atoms with van der Waals surface area (Å²) in [6, 6.07) is 12.9. The first-order chi connectivity index (χ1) is 15.1. The van der Waals surface area contributed by atoms with E-state index in [2.05, 4.69) is 39.7 Å². The highest BCUT2D eigenvalue weighted by molar-refractivity contribution is 6.13. The van der Waals surface area contributed by atoms with Crippen molar-refractivity contribution in [2.75, 3.05) is 5.73 Å². The molecule has 0 bridgehead atoms. The number of para-hydroxylation sites is 1. The molecule has 31 heavy (non-hydrogen) atoms. The van der Waals surface area contributed by atoms with E-state index in [1.54, 1.807) is 24.3 Å². The van der Waals surface area contributed by atoms with Crippen molar-refractivity contribution >= 4 is 28.5 Å². The molecule has 0 amide bonds. The maximum absolute atomic E-state index is 12.9. The van der Waals surface area contributed by atoms with Gasteiger partial charge in [0.2, 0.25) is 17.0 Å². The Morgan fingerprint density at radius 1 is 1.19 bits per heavy atom. The number of benzene rings is 2. The van der Waals surface area contributed by atoms with E-state index < -0.39 is 5.43 Å². The van der Waals surface area contributed by atoms with Gasteiger partial charge < -0.3 is 10.2 Å². The molecule has 2 aromatic heterocycles. The first-order valence-corrected chi connectivity index (χ1v) is 9.99. The molecule has 4 aromatic rings. The number of nitrogen functional groups attached to an aromatic ring is 1. The number of allylic oxidation sites excluding steroid dienone is 1. The summed E-state index contributed by atoms with van der Waals surface area (Å²) in [5.74, 6) is -0.289. The number of H-pyrrole nitrogens is 1. The molecule has 0 radical (unpaired) electrons. The van der Waals surface area contributed by atoms with Crippen LogP contribution in [0.15, 0.2) is 57.8 Å². The lowest BCUT2D eigenvalue weighted by Crippen LogP contribution is -2.12. The lowest BCUT2D eigenvalue weighted by Gasteiger charge is -2.06. The standard InChI is InChI=1S/C23H21N5O3/c1-2-3-5-14-8-10-15(11-9-14)12-13-18(29)16-6-4-7-17-20(30)19(24)22(31-21(16)17)23-25-27-28-26-23/h4,6-13H,2-3,5,24H2,1H3,(H,25,26,27,28). The molecular weight excluding hydrogens is 394 g/mol. The van der Waals surface area contributed by atoms with Gasteiger partial charge in [0.15, 0.2) is 5.78 Å². The average molecular weight is 415 g/mol. The van der Waals surface area contributed by atoms with Gasteiger partial charge in [-0.2, -0.15) is 5.21 Å². The molecule has 8 nitrogen and oxygen atoms in total. The zero-order valence-corrected chi connectivity index (χ0v) is 17.0. The number of hydrogen-bond donors (Lipinski definition) is 2. The maximum atomic E-state index is 12.9. The number of nitrogens with one attached hydrogen (secondary N) is 1. The van der Waals surface area contributed by atoms with Crippen molar-refractivity contribution in [3.8, 4) is 11.6 Å². The largest absolute Gasteiger partial charge is 0.449 e. The number of unbranched alkanes of at least 4 members (excludes halogenated alkanes) is 1. The number of rotatable bonds is 7. The Kier molecular flexibility index (Phi) is 5.70. The van der Waals surface area contributed by atoms with Crippen molar-refractivity contribution in [3.05, 3.63) is 75.5 Å². The van der Waals surface area contributed by atoms with Crippen LogP contribution >= 0.6 is 0 Å².